The van der Waals surface area contributed by atoms with Crippen molar-refractivity contribution in [3.63, 3.8) is 0 Å². The van der Waals surface area contributed by atoms with Crippen LogP contribution in [0.2, 0.25) is 0 Å². The molecule has 1 amide bonds. The Balaban J connectivity index is 2.06. The standard InChI is InChI=1S/C15H22N2O/c1-11(16)4-3-5-12-6-8-14-13(10-12)7-9-15(18)17(14)2/h6,8,10-11H,3-5,7,9,16H2,1-2H3. The second-order valence-corrected chi connectivity index (χ2v) is 5.29. The van der Waals surface area contributed by atoms with Gasteiger partial charge in [-0.1, -0.05) is 12.1 Å². The normalized spacial score (nSPS) is 16.6. The van der Waals surface area contributed by atoms with Crippen molar-refractivity contribution < 1.29 is 4.79 Å². The summed E-state index contributed by atoms with van der Waals surface area (Å²) in [4.78, 5) is 13.4. The molecule has 1 aliphatic rings. The van der Waals surface area contributed by atoms with E-state index in [-0.39, 0.29) is 11.9 Å². The predicted molar refractivity (Wildman–Crippen MR) is 74.8 cm³/mol. The molecule has 1 unspecified atom stereocenters. The fraction of sp³-hybridized carbons (Fsp3) is 0.533. The number of nitrogens with zero attached hydrogens (tertiary/aromatic N) is 1. The Morgan fingerprint density at radius 1 is 1.39 bits per heavy atom. The third kappa shape index (κ3) is 2.91. The minimum absolute atomic E-state index is 0.215. The van der Waals surface area contributed by atoms with E-state index in [0.29, 0.717) is 6.42 Å². The predicted octanol–water partition coefficient (Wildman–Crippen LogP) is 2.27. The van der Waals surface area contributed by atoms with Crippen molar-refractivity contribution in [2.24, 2.45) is 5.73 Å². The van der Waals surface area contributed by atoms with Crippen LogP contribution >= 0.6 is 0 Å². The molecule has 2 N–H and O–H groups in total. The van der Waals surface area contributed by atoms with Crippen molar-refractivity contribution in [1.82, 2.24) is 0 Å². The van der Waals surface area contributed by atoms with E-state index in [9.17, 15) is 4.79 Å². The van der Waals surface area contributed by atoms with Crippen LogP contribution in [0.25, 0.3) is 0 Å². The summed E-state index contributed by atoms with van der Waals surface area (Å²) < 4.78 is 0. The summed E-state index contributed by atoms with van der Waals surface area (Å²) in [5.74, 6) is 0.215. The summed E-state index contributed by atoms with van der Waals surface area (Å²) >= 11 is 0. The highest BCUT2D eigenvalue weighted by atomic mass is 16.2. The lowest BCUT2D eigenvalue weighted by Crippen LogP contribution is -2.31. The average molecular weight is 246 g/mol. The van der Waals surface area contributed by atoms with Gasteiger partial charge in [-0.05, 0) is 49.8 Å². The Morgan fingerprint density at radius 3 is 2.89 bits per heavy atom. The molecule has 18 heavy (non-hydrogen) atoms. The maximum atomic E-state index is 11.6. The average Bonchev–Trinajstić information content (AvgIpc) is 2.33. The van der Waals surface area contributed by atoms with Crippen molar-refractivity contribution in [3.05, 3.63) is 29.3 Å². The van der Waals surface area contributed by atoms with E-state index in [1.807, 2.05) is 14.0 Å². The second-order valence-electron chi connectivity index (χ2n) is 5.29. The monoisotopic (exact) mass is 246 g/mol. The Kier molecular flexibility index (Phi) is 4.02. The van der Waals surface area contributed by atoms with Crippen LogP contribution in [0, 0.1) is 0 Å². The Labute approximate surface area is 109 Å². The third-order valence-corrected chi connectivity index (χ3v) is 3.61. The number of aryl methyl sites for hydroxylation is 2. The zero-order valence-corrected chi connectivity index (χ0v) is 11.3. The molecule has 1 heterocycles. The highest BCUT2D eigenvalue weighted by molar-refractivity contribution is 5.95. The van der Waals surface area contributed by atoms with Gasteiger partial charge in [0.15, 0.2) is 0 Å². The quantitative estimate of drug-likeness (QED) is 0.885. The lowest BCUT2D eigenvalue weighted by atomic mass is 9.97. The maximum Gasteiger partial charge on any atom is 0.227 e. The van der Waals surface area contributed by atoms with Crippen LogP contribution in [0.4, 0.5) is 5.69 Å². The molecule has 0 aliphatic carbocycles. The molecule has 0 spiro atoms. The van der Waals surface area contributed by atoms with Gasteiger partial charge < -0.3 is 10.6 Å². The van der Waals surface area contributed by atoms with Crippen LogP contribution in [0.15, 0.2) is 18.2 Å². The van der Waals surface area contributed by atoms with E-state index >= 15 is 0 Å². The minimum atomic E-state index is 0.215. The number of rotatable bonds is 4. The lowest BCUT2D eigenvalue weighted by molar-refractivity contribution is -0.118. The number of amides is 1. The van der Waals surface area contributed by atoms with Gasteiger partial charge in [0.2, 0.25) is 5.91 Å². The molecule has 3 nitrogen and oxygen atoms in total. The summed E-state index contributed by atoms with van der Waals surface area (Å²) in [6.45, 7) is 2.05. The molecule has 0 bridgehead atoms. The first-order valence-electron chi connectivity index (χ1n) is 6.72. The summed E-state index contributed by atoms with van der Waals surface area (Å²) in [6, 6.07) is 6.74. The molecule has 0 radical (unpaired) electrons. The van der Waals surface area contributed by atoms with E-state index in [4.69, 9.17) is 5.73 Å². The van der Waals surface area contributed by atoms with Gasteiger partial charge in [0.05, 0.1) is 0 Å². The number of hydrogen-bond donors (Lipinski definition) is 1. The highest BCUT2D eigenvalue weighted by Gasteiger charge is 2.20. The van der Waals surface area contributed by atoms with Crippen LogP contribution < -0.4 is 10.6 Å². The molecule has 2 rings (SSSR count). The molecule has 1 aliphatic heterocycles. The van der Waals surface area contributed by atoms with E-state index in [2.05, 4.69) is 18.2 Å². The van der Waals surface area contributed by atoms with Gasteiger partial charge in [-0.2, -0.15) is 0 Å². The largest absolute Gasteiger partial charge is 0.328 e. The highest BCUT2D eigenvalue weighted by Crippen LogP contribution is 2.27. The topological polar surface area (TPSA) is 46.3 Å². The van der Waals surface area contributed by atoms with Gasteiger partial charge >= 0.3 is 0 Å². The van der Waals surface area contributed by atoms with Crippen LogP contribution in [0.3, 0.4) is 0 Å². The van der Waals surface area contributed by atoms with Crippen LogP contribution in [0.5, 0.6) is 0 Å². The number of hydrogen-bond acceptors (Lipinski definition) is 2. The van der Waals surface area contributed by atoms with Crippen molar-refractivity contribution in [3.8, 4) is 0 Å². The first kappa shape index (κ1) is 13.1. The van der Waals surface area contributed by atoms with E-state index < -0.39 is 0 Å². The van der Waals surface area contributed by atoms with E-state index in [0.717, 1.165) is 31.4 Å². The molecule has 3 heteroatoms. The number of carbonyl (C=O) groups is 1. The van der Waals surface area contributed by atoms with Crippen molar-refractivity contribution >= 4 is 11.6 Å². The zero-order chi connectivity index (χ0) is 13.1. The maximum absolute atomic E-state index is 11.6. The number of fused-ring (bicyclic) bond motifs is 1. The minimum Gasteiger partial charge on any atom is -0.328 e. The SMILES string of the molecule is CC(N)CCCc1ccc2c(c1)CCC(=O)N2C. The Morgan fingerprint density at radius 2 is 2.17 bits per heavy atom. The van der Waals surface area contributed by atoms with Gasteiger partial charge in [-0.3, -0.25) is 4.79 Å². The van der Waals surface area contributed by atoms with Gasteiger partial charge in [-0.25, -0.2) is 0 Å². The Bertz CT molecular complexity index is 440. The smallest absolute Gasteiger partial charge is 0.227 e. The molecular formula is C15H22N2O. The van der Waals surface area contributed by atoms with Crippen molar-refractivity contribution in [2.75, 3.05) is 11.9 Å². The van der Waals surface area contributed by atoms with Crippen molar-refractivity contribution in [1.29, 1.82) is 0 Å². The lowest BCUT2D eigenvalue weighted by Gasteiger charge is -2.26. The fourth-order valence-electron chi connectivity index (χ4n) is 2.49. The third-order valence-electron chi connectivity index (χ3n) is 3.61. The first-order valence-corrected chi connectivity index (χ1v) is 6.72. The summed E-state index contributed by atoms with van der Waals surface area (Å²) in [5.41, 5.74) is 9.49. The molecular weight excluding hydrogens is 224 g/mol. The molecule has 0 fully saturated rings. The van der Waals surface area contributed by atoms with Gasteiger partial charge in [0.1, 0.15) is 0 Å². The molecule has 1 atom stereocenters. The van der Waals surface area contributed by atoms with Gasteiger partial charge in [0.25, 0.3) is 0 Å². The number of benzene rings is 1. The molecule has 0 saturated carbocycles. The number of nitrogens with two attached hydrogens (primary N) is 1. The number of anilines is 1. The second kappa shape index (κ2) is 5.53. The summed E-state index contributed by atoms with van der Waals surface area (Å²) in [5, 5.41) is 0. The van der Waals surface area contributed by atoms with Gasteiger partial charge in [-0.15, -0.1) is 0 Å². The van der Waals surface area contributed by atoms with Crippen LogP contribution in [-0.4, -0.2) is 19.0 Å². The van der Waals surface area contributed by atoms with Gasteiger partial charge in [0, 0.05) is 25.2 Å². The zero-order valence-electron chi connectivity index (χ0n) is 11.3. The molecule has 0 saturated heterocycles. The summed E-state index contributed by atoms with van der Waals surface area (Å²) in [7, 11) is 1.86. The molecule has 1 aromatic carbocycles. The fourth-order valence-corrected chi connectivity index (χ4v) is 2.49. The van der Waals surface area contributed by atoms with Crippen LogP contribution in [-0.2, 0) is 17.6 Å². The summed E-state index contributed by atoms with van der Waals surface area (Å²) in [6.07, 6.45) is 4.78. The number of carbonyl (C=O) groups excluding carboxylic acids is 1. The molecule has 0 aromatic heterocycles. The van der Waals surface area contributed by atoms with Crippen LogP contribution in [0.1, 0.15) is 37.3 Å². The van der Waals surface area contributed by atoms with E-state index in [1.165, 1.54) is 11.1 Å². The Hall–Kier alpha value is -1.35. The van der Waals surface area contributed by atoms with E-state index in [1.54, 1.807) is 4.90 Å². The first-order chi connectivity index (χ1) is 8.58. The molecule has 98 valence electrons. The van der Waals surface area contributed by atoms with Crippen molar-refractivity contribution in [2.45, 2.75) is 45.1 Å². The molecule has 1 aromatic rings.